The first-order valence-electron chi connectivity index (χ1n) is 7.67. The van der Waals surface area contributed by atoms with E-state index in [9.17, 15) is 8.42 Å². The van der Waals surface area contributed by atoms with E-state index in [2.05, 4.69) is 10.2 Å². The Morgan fingerprint density at radius 1 is 1.26 bits per heavy atom. The second-order valence-electron chi connectivity index (χ2n) is 5.84. The van der Waals surface area contributed by atoms with Crippen LogP contribution < -0.4 is 5.32 Å². The first-order valence-corrected chi connectivity index (χ1v) is 9.49. The van der Waals surface area contributed by atoms with Crippen LogP contribution in [0.5, 0.6) is 0 Å². The molecule has 0 radical (unpaired) electrons. The molecule has 1 atom stereocenters. The Kier molecular flexibility index (Phi) is 4.90. The standard InChI is InChI=1S/C15H19ClN4O2S/c16-14-9-12(10-17)1-2-15(14)23(21,22)20-7-5-19(6-8-20)13-3-4-18-11-13/h1-2,9,13,18H,3-8,11H2. The SMILES string of the molecule is N#Cc1ccc(S(=O)(=O)N2CCN(C3CCNC3)CC2)c(Cl)c1. The van der Waals surface area contributed by atoms with Crippen LogP contribution in [0.4, 0.5) is 0 Å². The highest BCUT2D eigenvalue weighted by molar-refractivity contribution is 7.89. The van der Waals surface area contributed by atoms with Gasteiger partial charge in [0.05, 0.1) is 16.7 Å². The molecule has 23 heavy (non-hydrogen) atoms. The molecule has 0 aliphatic carbocycles. The molecule has 0 amide bonds. The minimum absolute atomic E-state index is 0.0779. The number of nitrogens with one attached hydrogen (secondary N) is 1. The van der Waals surface area contributed by atoms with Gasteiger partial charge in [0.1, 0.15) is 4.90 Å². The largest absolute Gasteiger partial charge is 0.315 e. The van der Waals surface area contributed by atoms with Crippen LogP contribution in [0.2, 0.25) is 5.02 Å². The summed E-state index contributed by atoms with van der Waals surface area (Å²) in [7, 11) is -3.61. The average molecular weight is 355 g/mol. The third kappa shape index (κ3) is 3.37. The maximum atomic E-state index is 12.8. The molecular weight excluding hydrogens is 336 g/mol. The molecular formula is C15H19ClN4O2S. The highest BCUT2D eigenvalue weighted by Crippen LogP contribution is 2.26. The molecule has 2 heterocycles. The van der Waals surface area contributed by atoms with Gasteiger partial charge in [-0.05, 0) is 31.2 Å². The van der Waals surface area contributed by atoms with Gasteiger partial charge in [-0.25, -0.2) is 8.42 Å². The van der Waals surface area contributed by atoms with Crippen LogP contribution in [0.15, 0.2) is 23.1 Å². The minimum atomic E-state index is -3.61. The Balaban J connectivity index is 1.73. The van der Waals surface area contributed by atoms with Crippen LogP contribution in [0.3, 0.4) is 0 Å². The molecule has 2 saturated heterocycles. The van der Waals surface area contributed by atoms with E-state index in [0.29, 0.717) is 24.7 Å². The third-order valence-electron chi connectivity index (χ3n) is 4.50. The number of nitriles is 1. The quantitative estimate of drug-likeness (QED) is 0.872. The number of halogens is 1. The number of hydrogen-bond acceptors (Lipinski definition) is 5. The van der Waals surface area contributed by atoms with Crippen molar-refractivity contribution in [2.75, 3.05) is 39.3 Å². The number of benzene rings is 1. The molecule has 0 saturated carbocycles. The highest BCUT2D eigenvalue weighted by Gasteiger charge is 2.32. The smallest absolute Gasteiger partial charge is 0.244 e. The van der Waals surface area contributed by atoms with Crippen molar-refractivity contribution < 1.29 is 8.42 Å². The lowest BCUT2D eigenvalue weighted by Gasteiger charge is -2.37. The molecule has 1 unspecified atom stereocenters. The van der Waals surface area contributed by atoms with Crippen LogP contribution in [-0.2, 0) is 10.0 Å². The summed E-state index contributed by atoms with van der Waals surface area (Å²) in [5, 5.41) is 12.3. The van der Waals surface area contributed by atoms with Crippen LogP contribution in [0, 0.1) is 11.3 Å². The molecule has 0 aromatic heterocycles. The zero-order valence-corrected chi connectivity index (χ0v) is 14.3. The van der Waals surface area contributed by atoms with Crippen molar-refractivity contribution in [3.8, 4) is 6.07 Å². The van der Waals surface area contributed by atoms with Gasteiger partial charge >= 0.3 is 0 Å². The Hall–Kier alpha value is -1.17. The predicted molar refractivity (Wildman–Crippen MR) is 87.8 cm³/mol. The highest BCUT2D eigenvalue weighted by atomic mass is 35.5. The maximum absolute atomic E-state index is 12.8. The lowest BCUT2D eigenvalue weighted by Crippen LogP contribution is -2.52. The van der Waals surface area contributed by atoms with Gasteiger partial charge < -0.3 is 5.32 Å². The average Bonchev–Trinajstić information content (AvgIpc) is 3.09. The van der Waals surface area contributed by atoms with Crippen molar-refractivity contribution >= 4 is 21.6 Å². The van der Waals surface area contributed by atoms with Gasteiger partial charge in [0.15, 0.2) is 0 Å². The molecule has 1 N–H and O–H groups in total. The lowest BCUT2D eigenvalue weighted by atomic mass is 10.2. The Morgan fingerprint density at radius 3 is 2.57 bits per heavy atom. The summed E-state index contributed by atoms with van der Waals surface area (Å²) in [6, 6.07) is 6.77. The normalized spacial score (nSPS) is 23.7. The minimum Gasteiger partial charge on any atom is -0.315 e. The summed E-state index contributed by atoms with van der Waals surface area (Å²) in [6.07, 6.45) is 1.12. The van der Waals surface area contributed by atoms with E-state index >= 15 is 0 Å². The van der Waals surface area contributed by atoms with Crippen molar-refractivity contribution in [3.63, 3.8) is 0 Å². The topological polar surface area (TPSA) is 76.4 Å². The van der Waals surface area contributed by atoms with E-state index in [-0.39, 0.29) is 9.92 Å². The first-order chi connectivity index (χ1) is 11.0. The molecule has 0 bridgehead atoms. The fraction of sp³-hybridized carbons (Fsp3) is 0.533. The van der Waals surface area contributed by atoms with Crippen molar-refractivity contribution in [3.05, 3.63) is 28.8 Å². The summed E-state index contributed by atoms with van der Waals surface area (Å²) in [5.41, 5.74) is 0.354. The monoisotopic (exact) mass is 354 g/mol. The molecule has 8 heteroatoms. The summed E-state index contributed by atoms with van der Waals surface area (Å²) in [6.45, 7) is 4.42. The number of hydrogen-bond donors (Lipinski definition) is 1. The molecule has 1 aromatic rings. The molecule has 2 aliphatic rings. The summed E-state index contributed by atoms with van der Waals surface area (Å²) in [5.74, 6) is 0. The van der Waals surface area contributed by atoms with E-state index in [0.717, 1.165) is 32.6 Å². The molecule has 2 fully saturated rings. The van der Waals surface area contributed by atoms with Crippen molar-refractivity contribution in [1.82, 2.24) is 14.5 Å². The molecule has 6 nitrogen and oxygen atoms in total. The molecule has 2 aliphatic heterocycles. The van der Waals surface area contributed by atoms with Gasteiger partial charge in [-0.2, -0.15) is 9.57 Å². The number of piperazine rings is 1. The molecule has 0 spiro atoms. The predicted octanol–water partition coefficient (Wildman–Crippen LogP) is 0.880. The zero-order valence-electron chi connectivity index (χ0n) is 12.7. The third-order valence-corrected chi connectivity index (χ3v) is 6.88. The van der Waals surface area contributed by atoms with E-state index in [1.165, 1.54) is 22.5 Å². The second-order valence-corrected chi connectivity index (χ2v) is 8.16. The number of nitrogens with zero attached hydrogens (tertiary/aromatic N) is 3. The van der Waals surface area contributed by atoms with Crippen molar-refractivity contribution in [1.29, 1.82) is 5.26 Å². The Bertz CT molecular complexity index is 717. The van der Waals surface area contributed by atoms with Gasteiger partial charge in [0.2, 0.25) is 10.0 Å². The Morgan fingerprint density at radius 2 is 2.00 bits per heavy atom. The maximum Gasteiger partial charge on any atom is 0.244 e. The summed E-state index contributed by atoms with van der Waals surface area (Å²) in [4.78, 5) is 2.43. The van der Waals surface area contributed by atoms with Gasteiger partial charge in [0.25, 0.3) is 0 Å². The van der Waals surface area contributed by atoms with E-state index in [4.69, 9.17) is 16.9 Å². The molecule has 124 valence electrons. The molecule has 3 rings (SSSR count). The van der Waals surface area contributed by atoms with E-state index in [1.807, 2.05) is 6.07 Å². The molecule has 1 aromatic carbocycles. The summed E-state index contributed by atoms with van der Waals surface area (Å²) >= 11 is 6.07. The van der Waals surface area contributed by atoms with Gasteiger partial charge in [0, 0.05) is 38.8 Å². The van der Waals surface area contributed by atoms with Gasteiger partial charge in [-0.1, -0.05) is 11.6 Å². The van der Waals surface area contributed by atoms with Crippen LogP contribution in [-0.4, -0.2) is 62.9 Å². The fourth-order valence-corrected chi connectivity index (χ4v) is 5.12. The van der Waals surface area contributed by atoms with Crippen molar-refractivity contribution in [2.45, 2.75) is 17.4 Å². The van der Waals surface area contributed by atoms with E-state index < -0.39 is 10.0 Å². The fourth-order valence-electron chi connectivity index (χ4n) is 3.18. The summed E-state index contributed by atoms with van der Waals surface area (Å²) < 4.78 is 27.0. The lowest BCUT2D eigenvalue weighted by molar-refractivity contribution is 0.145. The zero-order chi connectivity index (χ0) is 16.4. The Labute approximate surface area is 141 Å². The van der Waals surface area contributed by atoms with E-state index in [1.54, 1.807) is 0 Å². The second kappa shape index (κ2) is 6.75. The van der Waals surface area contributed by atoms with Crippen LogP contribution >= 0.6 is 11.6 Å². The van der Waals surface area contributed by atoms with Crippen LogP contribution in [0.1, 0.15) is 12.0 Å². The number of rotatable bonds is 3. The van der Waals surface area contributed by atoms with Gasteiger partial charge in [-0.15, -0.1) is 0 Å². The van der Waals surface area contributed by atoms with Gasteiger partial charge in [-0.3, -0.25) is 4.90 Å². The van der Waals surface area contributed by atoms with Crippen molar-refractivity contribution in [2.24, 2.45) is 0 Å². The number of sulfonamides is 1. The first kappa shape index (κ1) is 16.7. The van der Waals surface area contributed by atoms with Crippen LogP contribution in [0.25, 0.3) is 0 Å².